The third-order valence-electron chi connectivity index (χ3n) is 3.05. The second-order valence-corrected chi connectivity index (χ2v) is 4.30. The van der Waals surface area contributed by atoms with Crippen molar-refractivity contribution in [1.29, 1.82) is 0 Å². The lowest BCUT2D eigenvalue weighted by molar-refractivity contribution is -0.0164. The van der Waals surface area contributed by atoms with Crippen molar-refractivity contribution in [3.05, 3.63) is 35.9 Å². The molecule has 4 heteroatoms. The van der Waals surface area contributed by atoms with Gasteiger partial charge in [0.25, 0.3) is 0 Å². The van der Waals surface area contributed by atoms with Gasteiger partial charge < -0.3 is 15.4 Å². The Morgan fingerprint density at radius 1 is 1.41 bits per heavy atom. The number of carbonyl (C=O) groups is 1. The molecule has 0 bridgehead atoms. The maximum atomic E-state index is 11.1. The minimum absolute atomic E-state index is 0.108. The standard InChI is InChI=1S/C13H18N2O2/c14-13(16)15-8-9-17-12(10-15)7-6-11-4-2-1-3-5-11/h1-5,12H,6-10H2,(H2,14,16). The monoisotopic (exact) mass is 234 g/mol. The van der Waals surface area contributed by atoms with E-state index >= 15 is 0 Å². The van der Waals surface area contributed by atoms with Gasteiger partial charge in [-0.25, -0.2) is 4.79 Å². The van der Waals surface area contributed by atoms with Crippen molar-refractivity contribution < 1.29 is 9.53 Å². The van der Waals surface area contributed by atoms with Crippen molar-refractivity contribution in [2.75, 3.05) is 19.7 Å². The van der Waals surface area contributed by atoms with Crippen LogP contribution in [-0.2, 0) is 11.2 Å². The number of nitrogens with zero attached hydrogens (tertiary/aromatic N) is 1. The average molecular weight is 234 g/mol. The highest BCUT2D eigenvalue weighted by Gasteiger charge is 2.22. The minimum atomic E-state index is -0.349. The van der Waals surface area contributed by atoms with Crippen LogP contribution in [0.2, 0.25) is 0 Å². The molecule has 1 aliphatic heterocycles. The molecule has 0 aliphatic carbocycles. The summed E-state index contributed by atoms with van der Waals surface area (Å²) in [6.07, 6.45) is 2.00. The fourth-order valence-electron chi connectivity index (χ4n) is 2.07. The lowest BCUT2D eigenvalue weighted by Gasteiger charge is -2.31. The van der Waals surface area contributed by atoms with Gasteiger partial charge in [-0.2, -0.15) is 0 Å². The van der Waals surface area contributed by atoms with Crippen LogP contribution in [0, 0.1) is 0 Å². The lowest BCUT2D eigenvalue weighted by atomic mass is 10.1. The van der Waals surface area contributed by atoms with Gasteiger partial charge in [0, 0.05) is 13.1 Å². The number of hydrogen-bond donors (Lipinski definition) is 1. The summed E-state index contributed by atoms with van der Waals surface area (Å²) in [5, 5.41) is 0. The zero-order chi connectivity index (χ0) is 12.1. The van der Waals surface area contributed by atoms with Crippen LogP contribution < -0.4 is 5.73 Å². The zero-order valence-electron chi connectivity index (χ0n) is 9.84. The van der Waals surface area contributed by atoms with Crippen LogP contribution in [0.3, 0.4) is 0 Å². The highest BCUT2D eigenvalue weighted by molar-refractivity contribution is 5.72. The number of hydrogen-bond acceptors (Lipinski definition) is 2. The molecule has 1 unspecified atom stereocenters. The van der Waals surface area contributed by atoms with Crippen molar-refractivity contribution >= 4 is 6.03 Å². The van der Waals surface area contributed by atoms with E-state index in [1.807, 2.05) is 18.2 Å². The highest BCUT2D eigenvalue weighted by atomic mass is 16.5. The molecule has 0 radical (unpaired) electrons. The topological polar surface area (TPSA) is 55.6 Å². The van der Waals surface area contributed by atoms with Gasteiger partial charge in [0.05, 0.1) is 12.7 Å². The molecule has 0 aromatic heterocycles. The number of ether oxygens (including phenoxy) is 1. The number of nitrogens with two attached hydrogens (primary N) is 1. The van der Waals surface area contributed by atoms with E-state index in [1.54, 1.807) is 4.90 Å². The van der Waals surface area contributed by atoms with Gasteiger partial charge in [0.2, 0.25) is 0 Å². The third-order valence-corrected chi connectivity index (χ3v) is 3.05. The number of aryl methyl sites for hydroxylation is 1. The van der Waals surface area contributed by atoms with Crippen molar-refractivity contribution in [3.8, 4) is 0 Å². The van der Waals surface area contributed by atoms with Crippen LogP contribution >= 0.6 is 0 Å². The normalized spacial score (nSPS) is 20.2. The minimum Gasteiger partial charge on any atom is -0.375 e. The predicted octanol–water partition coefficient (Wildman–Crippen LogP) is 1.40. The van der Waals surface area contributed by atoms with E-state index in [-0.39, 0.29) is 12.1 Å². The molecule has 1 heterocycles. The molecule has 2 N–H and O–H groups in total. The fourth-order valence-corrected chi connectivity index (χ4v) is 2.07. The van der Waals surface area contributed by atoms with Gasteiger partial charge in [0.1, 0.15) is 0 Å². The molecule has 92 valence electrons. The maximum absolute atomic E-state index is 11.1. The van der Waals surface area contributed by atoms with Gasteiger partial charge in [-0.3, -0.25) is 0 Å². The number of morpholine rings is 1. The molecular formula is C13H18N2O2. The van der Waals surface area contributed by atoms with Crippen LogP contribution in [-0.4, -0.2) is 36.7 Å². The molecule has 1 aromatic carbocycles. The second-order valence-electron chi connectivity index (χ2n) is 4.30. The molecule has 0 saturated carbocycles. The first-order valence-corrected chi connectivity index (χ1v) is 5.95. The SMILES string of the molecule is NC(=O)N1CCOC(CCc2ccccc2)C1. The van der Waals surface area contributed by atoms with Crippen molar-refractivity contribution in [2.45, 2.75) is 18.9 Å². The molecule has 1 saturated heterocycles. The van der Waals surface area contributed by atoms with E-state index in [4.69, 9.17) is 10.5 Å². The van der Waals surface area contributed by atoms with Gasteiger partial charge >= 0.3 is 6.03 Å². The number of rotatable bonds is 3. The molecule has 1 fully saturated rings. The molecule has 2 amide bonds. The first kappa shape index (κ1) is 11.9. The second kappa shape index (κ2) is 5.68. The van der Waals surface area contributed by atoms with Crippen LogP contribution in [0.15, 0.2) is 30.3 Å². The van der Waals surface area contributed by atoms with E-state index < -0.39 is 0 Å². The fraction of sp³-hybridized carbons (Fsp3) is 0.462. The number of benzene rings is 1. The van der Waals surface area contributed by atoms with Crippen molar-refractivity contribution in [1.82, 2.24) is 4.90 Å². The summed E-state index contributed by atoms with van der Waals surface area (Å²) < 4.78 is 5.63. The summed E-state index contributed by atoms with van der Waals surface area (Å²) >= 11 is 0. The quantitative estimate of drug-likeness (QED) is 0.859. The Balaban J connectivity index is 1.81. The highest BCUT2D eigenvalue weighted by Crippen LogP contribution is 2.12. The van der Waals surface area contributed by atoms with Gasteiger partial charge in [0.15, 0.2) is 0 Å². The first-order chi connectivity index (χ1) is 8.25. The van der Waals surface area contributed by atoms with Crippen LogP contribution in [0.25, 0.3) is 0 Å². The zero-order valence-corrected chi connectivity index (χ0v) is 9.84. The number of carbonyl (C=O) groups excluding carboxylic acids is 1. The molecule has 2 rings (SSSR count). The van der Waals surface area contributed by atoms with Gasteiger partial charge in [-0.15, -0.1) is 0 Å². The van der Waals surface area contributed by atoms with E-state index in [1.165, 1.54) is 5.56 Å². The summed E-state index contributed by atoms with van der Waals surface area (Å²) in [5.74, 6) is 0. The summed E-state index contributed by atoms with van der Waals surface area (Å²) in [7, 11) is 0. The lowest BCUT2D eigenvalue weighted by Crippen LogP contribution is -2.47. The number of amides is 2. The molecule has 1 aliphatic rings. The smallest absolute Gasteiger partial charge is 0.314 e. The summed E-state index contributed by atoms with van der Waals surface area (Å²) in [4.78, 5) is 12.7. The van der Waals surface area contributed by atoms with E-state index in [0.717, 1.165) is 12.8 Å². The number of primary amides is 1. The molecule has 4 nitrogen and oxygen atoms in total. The number of urea groups is 1. The van der Waals surface area contributed by atoms with Gasteiger partial charge in [-0.05, 0) is 18.4 Å². The summed E-state index contributed by atoms with van der Waals surface area (Å²) in [5.41, 5.74) is 6.57. The largest absolute Gasteiger partial charge is 0.375 e. The Bertz CT molecular complexity index is 367. The predicted molar refractivity (Wildman–Crippen MR) is 65.7 cm³/mol. The summed E-state index contributed by atoms with van der Waals surface area (Å²) in [6.45, 7) is 1.81. The third kappa shape index (κ3) is 3.46. The van der Waals surface area contributed by atoms with Crippen LogP contribution in [0.4, 0.5) is 4.79 Å². The molecule has 17 heavy (non-hydrogen) atoms. The average Bonchev–Trinajstić information content (AvgIpc) is 2.38. The Hall–Kier alpha value is -1.55. The molecule has 1 aromatic rings. The summed E-state index contributed by atoms with van der Waals surface area (Å²) in [6, 6.07) is 9.94. The molecule has 0 spiro atoms. The Morgan fingerprint density at radius 2 is 2.18 bits per heavy atom. The molecule has 1 atom stereocenters. The van der Waals surface area contributed by atoms with Crippen molar-refractivity contribution in [2.24, 2.45) is 5.73 Å². The Morgan fingerprint density at radius 3 is 2.88 bits per heavy atom. The Kier molecular flexibility index (Phi) is 3.98. The van der Waals surface area contributed by atoms with Crippen LogP contribution in [0.5, 0.6) is 0 Å². The van der Waals surface area contributed by atoms with Gasteiger partial charge in [-0.1, -0.05) is 30.3 Å². The molecular weight excluding hydrogens is 216 g/mol. The first-order valence-electron chi connectivity index (χ1n) is 5.95. The van der Waals surface area contributed by atoms with Crippen molar-refractivity contribution in [3.63, 3.8) is 0 Å². The van der Waals surface area contributed by atoms with E-state index in [0.29, 0.717) is 19.7 Å². The Labute approximate surface area is 101 Å². The van der Waals surface area contributed by atoms with E-state index in [9.17, 15) is 4.79 Å². The maximum Gasteiger partial charge on any atom is 0.314 e. The van der Waals surface area contributed by atoms with E-state index in [2.05, 4.69) is 12.1 Å². The van der Waals surface area contributed by atoms with Crippen LogP contribution in [0.1, 0.15) is 12.0 Å².